The molecule has 7 nitrogen and oxygen atoms in total. The van der Waals surface area contributed by atoms with Gasteiger partial charge in [0.1, 0.15) is 11.3 Å². The summed E-state index contributed by atoms with van der Waals surface area (Å²) in [6, 6.07) is 13.5. The maximum atomic E-state index is 12.4. The van der Waals surface area contributed by atoms with E-state index in [1.54, 1.807) is 14.2 Å². The van der Waals surface area contributed by atoms with E-state index in [0.717, 1.165) is 74.3 Å². The molecule has 0 aliphatic heterocycles. The Hall–Kier alpha value is -3.81. The molecule has 0 amide bonds. The van der Waals surface area contributed by atoms with Gasteiger partial charge in [-0.3, -0.25) is 4.98 Å². The molecule has 38 heavy (non-hydrogen) atoms. The maximum absolute atomic E-state index is 12.4. The van der Waals surface area contributed by atoms with Crippen LogP contribution >= 0.6 is 12.4 Å². The fourth-order valence-electron chi connectivity index (χ4n) is 4.63. The van der Waals surface area contributed by atoms with E-state index in [1.807, 2.05) is 63.4 Å². The zero-order valence-electron chi connectivity index (χ0n) is 22.1. The van der Waals surface area contributed by atoms with Crippen molar-refractivity contribution in [2.45, 2.75) is 33.7 Å². The summed E-state index contributed by atoms with van der Waals surface area (Å²) in [7, 11) is 3.27. The number of hydrogen-bond donors (Lipinski definition) is 1. The van der Waals surface area contributed by atoms with Crippen molar-refractivity contribution >= 4 is 34.3 Å². The summed E-state index contributed by atoms with van der Waals surface area (Å²) in [6.07, 6.45) is 2.72. The third-order valence-electron chi connectivity index (χ3n) is 6.87. The quantitative estimate of drug-likeness (QED) is 0.185. The molecule has 5 rings (SSSR count). The molecular formula is C30H31ClN2O5. The Bertz CT molecular complexity index is 1670. The average Bonchev–Trinajstić information content (AvgIpc) is 3.36. The number of furan rings is 1. The molecule has 0 saturated carbocycles. The number of hydrogen-bond acceptors (Lipinski definition) is 7. The zero-order valence-corrected chi connectivity index (χ0v) is 23.0. The van der Waals surface area contributed by atoms with E-state index in [4.69, 9.17) is 18.3 Å². The van der Waals surface area contributed by atoms with Gasteiger partial charge in [-0.2, -0.15) is 0 Å². The molecule has 8 heteroatoms. The predicted octanol–water partition coefficient (Wildman–Crippen LogP) is 6.30. The Labute approximate surface area is 227 Å². The second-order valence-corrected chi connectivity index (χ2v) is 9.20. The molecule has 1 N–H and O–H groups in total. The molecular weight excluding hydrogens is 504 g/mol. The van der Waals surface area contributed by atoms with Crippen molar-refractivity contribution in [3.05, 3.63) is 87.0 Å². The van der Waals surface area contributed by atoms with Gasteiger partial charge < -0.3 is 23.6 Å². The highest BCUT2D eigenvalue weighted by Crippen LogP contribution is 2.35. The first-order valence-electron chi connectivity index (χ1n) is 12.2. The summed E-state index contributed by atoms with van der Waals surface area (Å²) in [4.78, 5) is 17.0. The highest BCUT2D eigenvalue weighted by atomic mass is 35.5. The summed E-state index contributed by atoms with van der Waals surface area (Å²) in [5.41, 5.74) is 6.64. The fourth-order valence-corrected chi connectivity index (χ4v) is 4.63. The SMILES string of the molecule is COc1ccc(CCNCc2cnc(C)c3oc(-c4cc(=O)oc5c(C)c(C)ccc45)cc23)cc1OC.Cl. The van der Waals surface area contributed by atoms with Crippen LogP contribution < -0.4 is 20.4 Å². The zero-order chi connectivity index (χ0) is 26.1. The van der Waals surface area contributed by atoms with E-state index in [2.05, 4.69) is 10.3 Å². The first-order chi connectivity index (χ1) is 17.9. The van der Waals surface area contributed by atoms with Crippen LogP contribution in [-0.2, 0) is 13.0 Å². The van der Waals surface area contributed by atoms with Crippen LogP contribution in [0.15, 0.2) is 62.3 Å². The highest BCUT2D eigenvalue weighted by molar-refractivity contribution is 5.97. The number of aryl methyl sites for hydroxylation is 3. The Balaban J connectivity index is 0.00000336. The summed E-state index contributed by atoms with van der Waals surface area (Å²) >= 11 is 0. The van der Waals surface area contributed by atoms with Gasteiger partial charge in [-0.1, -0.05) is 18.2 Å². The first-order valence-corrected chi connectivity index (χ1v) is 12.2. The molecule has 0 aliphatic carbocycles. The molecule has 0 spiro atoms. The molecule has 0 bridgehead atoms. The van der Waals surface area contributed by atoms with Gasteiger partial charge in [0.25, 0.3) is 0 Å². The number of nitrogens with one attached hydrogen (secondary N) is 1. The van der Waals surface area contributed by atoms with Crippen molar-refractivity contribution < 1.29 is 18.3 Å². The van der Waals surface area contributed by atoms with Crippen LogP contribution in [0.25, 0.3) is 33.3 Å². The van der Waals surface area contributed by atoms with Crippen LogP contribution in [0.3, 0.4) is 0 Å². The van der Waals surface area contributed by atoms with Gasteiger partial charge in [-0.15, -0.1) is 12.4 Å². The second kappa shape index (κ2) is 11.3. The fraction of sp³-hybridized carbons (Fsp3) is 0.267. The van der Waals surface area contributed by atoms with Gasteiger partial charge in [-0.25, -0.2) is 4.79 Å². The molecule has 2 aromatic carbocycles. The smallest absolute Gasteiger partial charge is 0.336 e. The average molecular weight is 535 g/mol. The first kappa shape index (κ1) is 27.2. The minimum absolute atomic E-state index is 0. The van der Waals surface area contributed by atoms with Crippen LogP contribution in [0.5, 0.6) is 11.5 Å². The number of ether oxygens (including phenoxy) is 2. The third-order valence-corrected chi connectivity index (χ3v) is 6.87. The standard InChI is InChI=1S/C30H30N2O5.ClH/c1-17-6-8-22-24(14-28(33)37-29(22)18(17)2)26-13-23-21(16-32-19(3)30(23)36-26)15-31-11-10-20-7-9-25(34-4)27(12-20)35-5;/h6-9,12-14,16,31H,10-11,15H2,1-5H3;1H. The molecule has 0 atom stereocenters. The summed E-state index contributed by atoms with van der Waals surface area (Å²) in [5.74, 6) is 2.07. The molecule has 0 fully saturated rings. The normalized spacial score (nSPS) is 11.1. The van der Waals surface area contributed by atoms with Gasteiger partial charge in [0.15, 0.2) is 17.1 Å². The Morgan fingerprint density at radius 2 is 1.68 bits per heavy atom. The number of nitrogens with zero attached hydrogens (tertiary/aromatic N) is 1. The number of rotatable bonds is 8. The van der Waals surface area contributed by atoms with E-state index in [9.17, 15) is 4.79 Å². The Kier molecular flexibility index (Phi) is 8.09. The lowest BCUT2D eigenvalue weighted by Gasteiger charge is -2.10. The lowest BCUT2D eigenvalue weighted by molar-refractivity contribution is 0.354. The summed E-state index contributed by atoms with van der Waals surface area (Å²) in [6.45, 7) is 7.30. The second-order valence-electron chi connectivity index (χ2n) is 9.20. The van der Waals surface area contributed by atoms with E-state index in [-0.39, 0.29) is 12.4 Å². The molecule has 3 aromatic heterocycles. The molecule has 0 radical (unpaired) electrons. The largest absolute Gasteiger partial charge is 0.493 e. The van der Waals surface area contributed by atoms with Crippen molar-refractivity contribution in [2.75, 3.05) is 20.8 Å². The number of halogens is 1. The number of pyridine rings is 1. The van der Waals surface area contributed by atoms with Crippen LogP contribution in [0.4, 0.5) is 0 Å². The topological polar surface area (TPSA) is 86.7 Å². The van der Waals surface area contributed by atoms with Crippen LogP contribution in [0, 0.1) is 20.8 Å². The maximum Gasteiger partial charge on any atom is 0.336 e. The minimum Gasteiger partial charge on any atom is -0.493 e. The van der Waals surface area contributed by atoms with Crippen LogP contribution in [0.2, 0.25) is 0 Å². The lowest BCUT2D eigenvalue weighted by Crippen LogP contribution is -2.17. The van der Waals surface area contributed by atoms with E-state index in [0.29, 0.717) is 17.9 Å². The van der Waals surface area contributed by atoms with Crippen LogP contribution in [-0.4, -0.2) is 25.7 Å². The lowest BCUT2D eigenvalue weighted by atomic mass is 10.0. The van der Waals surface area contributed by atoms with Gasteiger partial charge in [0.05, 0.1) is 19.9 Å². The monoisotopic (exact) mass is 534 g/mol. The van der Waals surface area contributed by atoms with Crippen molar-refractivity contribution in [1.29, 1.82) is 0 Å². The van der Waals surface area contributed by atoms with E-state index >= 15 is 0 Å². The van der Waals surface area contributed by atoms with Crippen molar-refractivity contribution in [3.63, 3.8) is 0 Å². The molecule has 0 saturated heterocycles. The van der Waals surface area contributed by atoms with Gasteiger partial charge in [-0.05, 0) is 74.2 Å². The van der Waals surface area contributed by atoms with E-state index in [1.165, 1.54) is 6.07 Å². The third kappa shape index (κ3) is 5.12. The van der Waals surface area contributed by atoms with Gasteiger partial charge in [0.2, 0.25) is 0 Å². The van der Waals surface area contributed by atoms with Gasteiger partial charge >= 0.3 is 5.63 Å². The van der Waals surface area contributed by atoms with Crippen molar-refractivity contribution in [3.8, 4) is 22.8 Å². The molecule has 0 aliphatic rings. The molecule has 198 valence electrons. The number of fused-ring (bicyclic) bond motifs is 2. The summed E-state index contributed by atoms with van der Waals surface area (Å²) < 4.78 is 22.6. The number of methoxy groups -OCH3 is 2. The Morgan fingerprint density at radius 1 is 0.895 bits per heavy atom. The minimum atomic E-state index is -0.399. The molecule has 5 aromatic rings. The van der Waals surface area contributed by atoms with Gasteiger partial charge in [0, 0.05) is 35.1 Å². The highest BCUT2D eigenvalue weighted by Gasteiger charge is 2.17. The molecule has 0 unspecified atom stereocenters. The van der Waals surface area contributed by atoms with Crippen molar-refractivity contribution in [1.82, 2.24) is 10.3 Å². The Morgan fingerprint density at radius 3 is 2.45 bits per heavy atom. The van der Waals surface area contributed by atoms with Crippen LogP contribution in [0.1, 0.15) is 27.9 Å². The van der Waals surface area contributed by atoms with Crippen molar-refractivity contribution in [2.24, 2.45) is 0 Å². The predicted molar refractivity (Wildman–Crippen MR) is 152 cm³/mol. The van der Waals surface area contributed by atoms with E-state index < -0.39 is 5.63 Å². The number of aromatic nitrogens is 1. The molecule has 3 heterocycles. The number of benzene rings is 2. The summed E-state index contributed by atoms with van der Waals surface area (Å²) in [5, 5.41) is 5.34.